The third-order valence-electron chi connectivity index (χ3n) is 4.25. The monoisotopic (exact) mass is 345 g/mol. The molecule has 3 atom stereocenters. The van der Waals surface area contributed by atoms with Gasteiger partial charge >= 0.3 is 5.97 Å². The van der Waals surface area contributed by atoms with Gasteiger partial charge in [-0.05, 0) is 40.7 Å². The van der Waals surface area contributed by atoms with Gasteiger partial charge in [-0.15, -0.1) is 0 Å². The lowest BCUT2D eigenvalue weighted by molar-refractivity contribution is -0.152. The first-order chi connectivity index (χ1) is 11.7. The molecule has 0 spiro atoms. The molecule has 2 heterocycles. The van der Waals surface area contributed by atoms with Crippen molar-refractivity contribution < 1.29 is 23.8 Å². The van der Waals surface area contributed by atoms with Gasteiger partial charge in [-0.25, -0.2) is 4.79 Å². The molecule has 3 rings (SSSR count). The van der Waals surface area contributed by atoms with Crippen LogP contribution in [0.25, 0.3) is 0 Å². The first kappa shape index (κ1) is 17.3. The lowest BCUT2D eigenvalue weighted by Crippen LogP contribution is -2.35. The number of rotatable bonds is 4. The number of amides is 1. The first-order valence-electron chi connectivity index (χ1n) is 8.30. The van der Waals surface area contributed by atoms with Crippen molar-refractivity contribution in [2.75, 3.05) is 0 Å². The normalized spacial score (nSPS) is 29.8. The van der Waals surface area contributed by atoms with E-state index in [1.165, 1.54) is 6.26 Å². The van der Waals surface area contributed by atoms with Crippen molar-refractivity contribution in [1.29, 1.82) is 0 Å². The molecule has 1 amide bonds. The Hall–Kier alpha value is -2.50. The minimum atomic E-state index is -0.788. The predicted molar refractivity (Wildman–Crippen MR) is 90.7 cm³/mol. The summed E-state index contributed by atoms with van der Waals surface area (Å²) in [6.07, 6.45) is 6.97. The standard InChI is InChI=1S/C19H23NO5/c1-11-9-16(24-18(11)22)23-10-14-13-7-6-8-15(13)20(17(14)21)12(2)25-19(3,4)5/h6,8-10,13,15-16H,2,7H2,1,3-5H3/b14-10+. The van der Waals surface area contributed by atoms with Crippen LogP contribution in [0.4, 0.5) is 0 Å². The van der Waals surface area contributed by atoms with Crippen LogP contribution >= 0.6 is 0 Å². The van der Waals surface area contributed by atoms with Crippen molar-refractivity contribution >= 4 is 11.9 Å². The highest BCUT2D eigenvalue weighted by molar-refractivity contribution is 5.98. The van der Waals surface area contributed by atoms with Gasteiger partial charge in [0, 0.05) is 17.6 Å². The van der Waals surface area contributed by atoms with E-state index >= 15 is 0 Å². The largest absolute Gasteiger partial charge is 0.473 e. The molecule has 3 aliphatic rings. The summed E-state index contributed by atoms with van der Waals surface area (Å²) in [5.41, 5.74) is 0.580. The fourth-order valence-corrected chi connectivity index (χ4v) is 3.18. The van der Waals surface area contributed by atoms with Gasteiger partial charge in [0.1, 0.15) is 5.60 Å². The quantitative estimate of drug-likeness (QED) is 0.339. The molecule has 0 saturated carbocycles. The van der Waals surface area contributed by atoms with Crippen LogP contribution < -0.4 is 0 Å². The summed E-state index contributed by atoms with van der Waals surface area (Å²) in [6.45, 7) is 11.3. The van der Waals surface area contributed by atoms with Gasteiger partial charge in [-0.3, -0.25) is 9.69 Å². The second-order valence-corrected chi connectivity index (χ2v) is 7.38. The zero-order chi connectivity index (χ0) is 18.4. The Kier molecular flexibility index (Phi) is 4.22. The van der Waals surface area contributed by atoms with Gasteiger partial charge in [0.25, 0.3) is 12.2 Å². The average molecular weight is 345 g/mol. The summed E-state index contributed by atoms with van der Waals surface area (Å²) in [5.74, 6) is -0.297. The molecule has 0 bridgehead atoms. The van der Waals surface area contributed by atoms with Gasteiger partial charge < -0.3 is 14.2 Å². The molecule has 0 aromatic carbocycles. The fourth-order valence-electron chi connectivity index (χ4n) is 3.18. The third kappa shape index (κ3) is 3.34. The Balaban J connectivity index is 1.77. The predicted octanol–water partition coefficient (Wildman–Crippen LogP) is 2.79. The maximum atomic E-state index is 12.9. The highest BCUT2D eigenvalue weighted by Gasteiger charge is 2.47. The van der Waals surface area contributed by atoms with Crippen LogP contribution in [-0.4, -0.2) is 34.7 Å². The summed E-state index contributed by atoms with van der Waals surface area (Å²) in [4.78, 5) is 25.8. The lowest BCUT2D eigenvalue weighted by Gasteiger charge is -2.30. The van der Waals surface area contributed by atoms with Crippen LogP contribution in [0, 0.1) is 5.92 Å². The number of cyclic esters (lactones) is 1. The minimum Gasteiger partial charge on any atom is -0.473 e. The molecular weight excluding hydrogens is 322 g/mol. The van der Waals surface area contributed by atoms with E-state index in [2.05, 4.69) is 6.58 Å². The molecule has 1 saturated heterocycles. The number of carbonyl (C=O) groups excluding carboxylic acids is 2. The molecule has 0 aromatic heterocycles. The van der Waals surface area contributed by atoms with E-state index in [-0.39, 0.29) is 17.9 Å². The Morgan fingerprint density at radius 1 is 1.40 bits per heavy atom. The molecular formula is C19H23NO5. The van der Waals surface area contributed by atoms with Crippen LogP contribution in [-0.2, 0) is 23.8 Å². The van der Waals surface area contributed by atoms with Gasteiger partial charge in [-0.1, -0.05) is 12.2 Å². The van der Waals surface area contributed by atoms with Gasteiger partial charge in [0.05, 0.1) is 17.9 Å². The van der Waals surface area contributed by atoms with E-state index in [9.17, 15) is 9.59 Å². The summed E-state index contributed by atoms with van der Waals surface area (Å²) in [5, 5.41) is 0. The van der Waals surface area contributed by atoms with Crippen molar-refractivity contribution in [3.05, 3.63) is 48.1 Å². The molecule has 3 unspecified atom stereocenters. The highest BCUT2D eigenvalue weighted by Crippen LogP contribution is 2.41. The van der Waals surface area contributed by atoms with Crippen LogP contribution in [0.15, 0.2) is 48.1 Å². The van der Waals surface area contributed by atoms with E-state index in [0.717, 1.165) is 6.42 Å². The van der Waals surface area contributed by atoms with E-state index in [1.807, 2.05) is 32.9 Å². The molecule has 1 aliphatic carbocycles. The molecule has 1 fully saturated rings. The molecule has 2 aliphatic heterocycles. The topological polar surface area (TPSA) is 65.1 Å². The summed E-state index contributed by atoms with van der Waals surface area (Å²) in [6, 6.07) is -0.124. The van der Waals surface area contributed by atoms with E-state index in [0.29, 0.717) is 17.0 Å². The first-order valence-corrected chi connectivity index (χ1v) is 8.30. The number of likely N-dealkylation sites (tertiary alicyclic amines) is 1. The number of carbonyl (C=O) groups is 2. The second kappa shape index (κ2) is 6.10. The molecule has 6 heteroatoms. The minimum absolute atomic E-state index is 0.0185. The van der Waals surface area contributed by atoms with Crippen molar-refractivity contribution in [2.45, 2.75) is 52.0 Å². The Labute approximate surface area is 147 Å². The van der Waals surface area contributed by atoms with Gasteiger partial charge in [-0.2, -0.15) is 0 Å². The number of fused-ring (bicyclic) bond motifs is 1. The number of esters is 1. The summed E-state index contributed by atoms with van der Waals surface area (Å²) < 4.78 is 16.3. The van der Waals surface area contributed by atoms with E-state index in [4.69, 9.17) is 14.2 Å². The zero-order valence-electron chi connectivity index (χ0n) is 14.9. The smallest absolute Gasteiger partial charge is 0.336 e. The van der Waals surface area contributed by atoms with Gasteiger partial charge in [0.15, 0.2) is 5.88 Å². The van der Waals surface area contributed by atoms with E-state index in [1.54, 1.807) is 17.9 Å². The van der Waals surface area contributed by atoms with Crippen molar-refractivity contribution in [3.63, 3.8) is 0 Å². The Morgan fingerprint density at radius 3 is 2.72 bits per heavy atom. The summed E-state index contributed by atoms with van der Waals surface area (Å²) in [7, 11) is 0. The van der Waals surface area contributed by atoms with Crippen LogP contribution in [0.2, 0.25) is 0 Å². The second-order valence-electron chi connectivity index (χ2n) is 7.38. The SMILES string of the molecule is C=C(OC(C)(C)C)N1C(=O)/C(=C/OC2C=C(C)C(=O)O2)C2CC=CC21. The maximum Gasteiger partial charge on any atom is 0.336 e. The zero-order valence-corrected chi connectivity index (χ0v) is 14.9. The number of hydrogen-bond donors (Lipinski definition) is 0. The molecule has 0 radical (unpaired) electrons. The fraction of sp³-hybridized carbons (Fsp3) is 0.474. The van der Waals surface area contributed by atoms with Crippen LogP contribution in [0.5, 0.6) is 0 Å². The lowest BCUT2D eigenvalue weighted by atomic mass is 9.98. The van der Waals surface area contributed by atoms with Crippen molar-refractivity contribution in [3.8, 4) is 0 Å². The average Bonchev–Trinajstić information content (AvgIpc) is 3.11. The van der Waals surface area contributed by atoms with Crippen molar-refractivity contribution in [1.82, 2.24) is 4.90 Å². The number of hydrogen-bond acceptors (Lipinski definition) is 5. The number of ether oxygens (including phenoxy) is 3. The van der Waals surface area contributed by atoms with Crippen LogP contribution in [0.1, 0.15) is 34.1 Å². The van der Waals surface area contributed by atoms with Gasteiger partial charge in [0.2, 0.25) is 0 Å². The molecule has 6 nitrogen and oxygen atoms in total. The molecule has 0 aromatic rings. The van der Waals surface area contributed by atoms with Crippen LogP contribution in [0.3, 0.4) is 0 Å². The number of allylic oxidation sites excluding steroid dienone is 1. The highest BCUT2D eigenvalue weighted by atomic mass is 16.7. The Morgan fingerprint density at radius 2 is 2.12 bits per heavy atom. The third-order valence-corrected chi connectivity index (χ3v) is 4.25. The maximum absolute atomic E-state index is 12.9. The summed E-state index contributed by atoms with van der Waals surface area (Å²) >= 11 is 0. The van der Waals surface area contributed by atoms with Crippen molar-refractivity contribution in [2.24, 2.45) is 5.92 Å². The Bertz CT molecular complexity index is 710. The number of nitrogens with zero attached hydrogens (tertiary/aromatic N) is 1. The van der Waals surface area contributed by atoms with E-state index < -0.39 is 17.9 Å². The molecule has 0 N–H and O–H groups in total. The molecule has 134 valence electrons. The molecule has 25 heavy (non-hydrogen) atoms.